The first-order valence-corrected chi connectivity index (χ1v) is 35.7. The molecule has 10 aliphatic rings. The van der Waals surface area contributed by atoms with Crippen LogP contribution in [0.25, 0.3) is 0 Å². The van der Waals surface area contributed by atoms with Crippen LogP contribution in [0.2, 0.25) is 10.3 Å². The van der Waals surface area contributed by atoms with Gasteiger partial charge in [0.05, 0.1) is 17.5 Å². The molecule has 0 aromatic carbocycles. The predicted octanol–water partition coefficient (Wildman–Crippen LogP) is 11.9. The van der Waals surface area contributed by atoms with Crippen LogP contribution in [0, 0.1) is 0 Å². The van der Waals surface area contributed by atoms with Gasteiger partial charge in [-0.1, -0.05) is 66.7 Å². The monoisotopic (exact) mass is 1330 g/mol. The Morgan fingerprint density at radius 3 is 1.17 bits per heavy atom. The minimum absolute atomic E-state index is 0.00803. The molecule has 3 aliphatic carbocycles. The highest BCUT2D eigenvalue weighted by Crippen LogP contribution is 2.32. The largest absolute Gasteiger partial charge is 0.519 e. The zero-order chi connectivity index (χ0) is 66.1. The molecule has 7 aliphatic heterocycles. The summed E-state index contributed by atoms with van der Waals surface area (Å²) in [6, 6.07) is 19.0. The summed E-state index contributed by atoms with van der Waals surface area (Å²) in [7, 11) is 6.46. The summed E-state index contributed by atoms with van der Waals surface area (Å²) in [4.78, 5) is 54.9. The van der Waals surface area contributed by atoms with Gasteiger partial charge in [-0.05, 0) is 174 Å². The number of pyridine rings is 4. The van der Waals surface area contributed by atoms with Crippen LogP contribution in [0.15, 0.2) is 48.5 Å². The van der Waals surface area contributed by atoms with Crippen LogP contribution in [-0.4, -0.2) is 201 Å². The number of nitrogens with zero attached hydrogens (tertiary/aromatic N) is 10. The van der Waals surface area contributed by atoms with Crippen molar-refractivity contribution in [3.63, 3.8) is 0 Å². The van der Waals surface area contributed by atoms with Crippen LogP contribution >= 0.6 is 23.2 Å². The summed E-state index contributed by atoms with van der Waals surface area (Å²) in [5.74, 6) is 1.68. The molecule has 4 aromatic heterocycles. The van der Waals surface area contributed by atoms with Crippen molar-refractivity contribution in [1.29, 1.82) is 0 Å². The molecular weight excluding hydrogens is 1220 g/mol. The van der Waals surface area contributed by atoms with E-state index in [1.54, 1.807) is 41.5 Å². The van der Waals surface area contributed by atoms with Gasteiger partial charge < -0.3 is 63.5 Å². The first kappa shape index (κ1) is 72.5. The third-order valence-corrected chi connectivity index (χ3v) is 19.7. The van der Waals surface area contributed by atoms with E-state index in [9.17, 15) is 14.7 Å². The zero-order valence-electron chi connectivity index (χ0n) is 57.5. The Morgan fingerprint density at radius 2 is 0.806 bits per heavy atom. The van der Waals surface area contributed by atoms with E-state index in [2.05, 4.69) is 101 Å². The highest BCUT2D eigenvalue weighted by Gasteiger charge is 2.33. The smallest absolute Gasteiger partial charge is 0.474 e. The van der Waals surface area contributed by atoms with Gasteiger partial charge in [0.25, 0.3) is 0 Å². The second kappa shape index (κ2) is 34.9. The number of carbonyl (C=O) groups is 2. The Kier molecular flexibility index (Phi) is 27.2. The average Bonchev–Trinajstić information content (AvgIpc) is 0.993. The topological polar surface area (TPSA) is 184 Å². The van der Waals surface area contributed by atoms with Crippen molar-refractivity contribution < 1.29 is 38.4 Å². The molecule has 0 atom stereocenters. The summed E-state index contributed by atoms with van der Waals surface area (Å²) in [5, 5.41) is 13.8. The fourth-order valence-electron chi connectivity index (χ4n) is 13.2. The standard InChI is InChI=1S/2C18H27N3O.C10H18O5.C9H11ClN2.C9H17NO.C8H9ClN2/c2*1-20-10-9-17-14(13-20)5-6-18(19-17)22-16-7-11-21(12-8-16)15-3-2-4-15;1-9(2,3)14-7(11)13-8(12)15-10(4,5)6;1-12-5-4-8-7(6-12)2-3-9(10)11-8;11-9-4-6-10(7-5-9)8-2-1-3-8;9-8-2-1-6-5-10-4-3-7(6)11-8/h2*5-6,15-16H,2-4,7-13H2,1H3;1-6H3;2-3H,4-6H2,1H3;8-9,11H,1-7H2;1-2,10H,3-5H2. The lowest BCUT2D eigenvalue weighted by atomic mass is 9.90. The second-order valence-electron chi connectivity index (χ2n) is 29.1. The molecule has 3 saturated heterocycles. The average molecular weight is 1330 g/mol. The maximum absolute atomic E-state index is 11.0. The molecular formula is C72H109Cl2N11O8. The Hall–Kier alpha value is -4.80. The molecule has 2 N–H and O–H groups in total. The van der Waals surface area contributed by atoms with Crippen LogP contribution in [0.5, 0.6) is 11.8 Å². The van der Waals surface area contributed by atoms with Crippen LogP contribution < -0.4 is 14.8 Å². The summed E-state index contributed by atoms with van der Waals surface area (Å²) < 4.78 is 26.2. The minimum Gasteiger partial charge on any atom is -0.474 e. The fourth-order valence-corrected chi connectivity index (χ4v) is 13.6. The first-order valence-electron chi connectivity index (χ1n) is 34.9. The van der Waals surface area contributed by atoms with E-state index in [1.165, 1.54) is 123 Å². The number of hydrogen-bond acceptors (Lipinski definition) is 19. The second-order valence-corrected chi connectivity index (χ2v) is 29.9. The Balaban J connectivity index is 0.000000135. The molecule has 3 saturated carbocycles. The molecule has 19 nitrogen and oxygen atoms in total. The number of rotatable bonds is 7. The van der Waals surface area contributed by atoms with E-state index >= 15 is 0 Å². The summed E-state index contributed by atoms with van der Waals surface area (Å²) in [5.41, 5.74) is 8.72. The highest BCUT2D eigenvalue weighted by molar-refractivity contribution is 6.29. The Morgan fingerprint density at radius 1 is 0.462 bits per heavy atom. The van der Waals surface area contributed by atoms with Gasteiger partial charge in [-0.3, -0.25) is 0 Å². The van der Waals surface area contributed by atoms with Crippen LogP contribution in [0.4, 0.5) is 9.59 Å². The van der Waals surface area contributed by atoms with E-state index in [1.807, 2.05) is 18.2 Å². The molecule has 14 rings (SSSR count). The lowest BCUT2D eigenvalue weighted by molar-refractivity contribution is -0.0294. The fraction of sp³-hybridized carbons (Fsp3) is 0.694. The van der Waals surface area contributed by atoms with Crippen molar-refractivity contribution in [2.45, 2.75) is 237 Å². The highest BCUT2D eigenvalue weighted by atomic mass is 35.5. The lowest BCUT2D eigenvalue weighted by Gasteiger charge is -2.41. The number of hydrogen-bond donors (Lipinski definition) is 2. The number of aromatic nitrogens is 4. The van der Waals surface area contributed by atoms with Gasteiger partial charge in [0.2, 0.25) is 11.8 Å². The van der Waals surface area contributed by atoms with Crippen molar-refractivity contribution in [1.82, 2.24) is 54.7 Å². The van der Waals surface area contributed by atoms with Crippen molar-refractivity contribution in [2.24, 2.45) is 0 Å². The van der Waals surface area contributed by atoms with Crippen LogP contribution in [0.1, 0.15) is 183 Å². The van der Waals surface area contributed by atoms with Crippen molar-refractivity contribution in [3.05, 3.63) is 104 Å². The number of likely N-dealkylation sites (N-methyl/N-ethyl adjacent to an activating group) is 3. The molecule has 11 heterocycles. The van der Waals surface area contributed by atoms with Crippen molar-refractivity contribution in [2.75, 3.05) is 86.6 Å². The summed E-state index contributed by atoms with van der Waals surface area (Å²) in [6.45, 7) is 25.3. The maximum atomic E-state index is 11.0. The Bertz CT molecular complexity index is 2870. The number of piperidine rings is 3. The van der Waals surface area contributed by atoms with E-state index in [-0.39, 0.29) is 6.10 Å². The summed E-state index contributed by atoms with van der Waals surface area (Å²) in [6.07, 6.45) is 22.0. The van der Waals surface area contributed by atoms with Gasteiger partial charge in [-0.25, -0.2) is 29.5 Å². The molecule has 93 heavy (non-hydrogen) atoms. The third-order valence-electron chi connectivity index (χ3n) is 19.3. The van der Waals surface area contributed by atoms with Crippen LogP contribution in [-0.2, 0) is 66.1 Å². The van der Waals surface area contributed by atoms with E-state index in [0.29, 0.717) is 22.5 Å². The zero-order valence-corrected chi connectivity index (χ0v) is 59.0. The number of aliphatic hydroxyl groups excluding tert-OH is 1. The predicted molar refractivity (Wildman–Crippen MR) is 366 cm³/mol. The van der Waals surface area contributed by atoms with Gasteiger partial charge in [0, 0.05) is 159 Å². The molecule has 0 spiro atoms. The SMILES string of the molecule is CC(C)(C)OC(=O)OC(=O)OC(C)(C)C.CN1CCc2nc(Cl)ccc2C1.CN1CCc2nc(OC3CCN(C4CCC4)CC3)ccc2C1.CN1CCc2nc(OC3CCN(C4CCC4)CC3)ccc2C1.Clc1ccc2c(n1)CCNC2.OC1CCN(C2CCC2)CC1. The van der Waals surface area contributed by atoms with Crippen molar-refractivity contribution >= 4 is 35.5 Å². The van der Waals surface area contributed by atoms with Gasteiger partial charge in [0.1, 0.15) is 33.7 Å². The van der Waals surface area contributed by atoms with Gasteiger partial charge in [-0.2, -0.15) is 0 Å². The molecule has 21 heteroatoms. The number of fused-ring (bicyclic) bond motifs is 4. The number of likely N-dealkylation sites (tertiary alicyclic amines) is 3. The molecule has 0 amide bonds. The number of nitrogens with one attached hydrogen (secondary N) is 1. The maximum Gasteiger partial charge on any atom is 0.519 e. The van der Waals surface area contributed by atoms with Crippen molar-refractivity contribution in [3.8, 4) is 11.8 Å². The molecule has 0 radical (unpaired) electrons. The molecule has 0 unspecified atom stereocenters. The first-order chi connectivity index (χ1) is 44.5. The van der Waals surface area contributed by atoms with Crippen LogP contribution in [0.3, 0.4) is 0 Å². The molecule has 4 aromatic rings. The van der Waals surface area contributed by atoms with Gasteiger partial charge in [-0.15, -0.1) is 0 Å². The molecule has 514 valence electrons. The molecule has 0 bridgehead atoms. The normalized spacial score (nSPS) is 21.4. The van der Waals surface area contributed by atoms with Gasteiger partial charge in [0.15, 0.2) is 0 Å². The van der Waals surface area contributed by atoms with E-state index in [0.717, 1.165) is 165 Å². The Labute approximate surface area is 565 Å². The van der Waals surface area contributed by atoms with Gasteiger partial charge >= 0.3 is 12.3 Å². The number of halogens is 2. The number of ether oxygens (including phenoxy) is 5. The quantitative estimate of drug-likeness (QED) is 0.101. The van der Waals surface area contributed by atoms with E-state index in [4.69, 9.17) is 52.1 Å². The lowest BCUT2D eigenvalue weighted by Crippen LogP contribution is -2.46. The molecule has 6 fully saturated rings. The number of carbonyl (C=O) groups excluding carboxylic acids is 2. The number of aliphatic hydroxyl groups is 1. The third kappa shape index (κ3) is 23.8. The summed E-state index contributed by atoms with van der Waals surface area (Å²) >= 11 is 11.5. The van der Waals surface area contributed by atoms with E-state index < -0.39 is 23.5 Å². The minimum atomic E-state index is -1.06.